The average molecular weight is 239 g/mol. The molecule has 3 unspecified atom stereocenters. The van der Waals surface area contributed by atoms with Crippen LogP contribution in [0.5, 0.6) is 0 Å². The molecule has 0 radical (unpaired) electrons. The Kier molecular flexibility index (Phi) is 3.12. The highest BCUT2D eigenvalue weighted by Gasteiger charge is 2.43. The van der Waals surface area contributed by atoms with Gasteiger partial charge in [0.2, 0.25) is 11.8 Å². The standard InChI is InChI=1S/C12H21N3O2/c1-8-9(3-5-14-8)10(16)15-6-4-12(2,7-15)11(13)17/h8-9,14H,3-7H2,1-2H3,(H2,13,17). The second-order valence-corrected chi connectivity index (χ2v) is 5.57. The molecule has 2 fully saturated rings. The molecule has 3 N–H and O–H groups in total. The smallest absolute Gasteiger partial charge is 0.227 e. The third-order valence-electron chi connectivity index (χ3n) is 4.22. The summed E-state index contributed by atoms with van der Waals surface area (Å²) < 4.78 is 0. The van der Waals surface area contributed by atoms with E-state index < -0.39 is 5.41 Å². The van der Waals surface area contributed by atoms with E-state index in [2.05, 4.69) is 5.32 Å². The van der Waals surface area contributed by atoms with E-state index in [0.29, 0.717) is 19.5 Å². The van der Waals surface area contributed by atoms with Gasteiger partial charge in [-0.15, -0.1) is 0 Å². The molecule has 0 aliphatic carbocycles. The second-order valence-electron chi connectivity index (χ2n) is 5.57. The SMILES string of the molecule is CC1NCCC1C(=O)N1CCC(C)(C(N)=O)C1. The van der Waals surface area contributed by atoms with Crippen LogP contribution in [0.25, 0.3) is 0 Å². The molecule has 2 amide bonds. The zero-order valence-electron chi connectivity index (χ0n) is 10.5. The lowest BCUT2D eigenvalue weighted by molar-refractivity contribution is -0.135. The van der Waals surface area contributed by atoms with Crippen molar-refractivity contribution in [2.24, 2.45) is 17.1 Å². The topological polar surface area (TPSA) is 75.4 Å². The summed E-state index contributed by atoms with van der Waals surface area (Å²) in [6, 6.07) is 0.239. The first-order valence-electron chi connectivity index (χ1n) is 6.26. The highest BCUT2D eigenvalue weighted by Crippen LogP contribution is 2.31. The Labute approximate surface area is 102 Å². The Morgan fingerprint density at radius 1 is 1.47 bits per heavy atom. The molecule has 2 rings (SSSR count). The average Bonchev–Trinajstić information content (AvgIpc) is 2.85. The van der Waals surface area contributed by atoms with Crippen LogP contribution in [0.1, 0.15) is 26.7 Å². The maximum Gasteiger partial charge on any atom is 0.227 e. The summed E-state index contributed by atoms with van der Waals surface area (Å²) >= 11 is 0. The van der Waals surface area contributed by atoms with Crippen LogP contribution in [0, 0.1) is 11.3 Å². The Morgan fingerprint density at radius 2 is 2.18 bits per heavy atom. The zero-order valence-corrected chi connectivity index (χ0v) is 10.5. The molecule has 0 saturated carbocycles. The van der Waals surface area contributed by atoms with Gasteiger partial charge in [-0.05, 0) is 33.2 Å². The normalized spacial score (nSPS) is 37.4. The number of rotatable bonds is 2. The summed E-state index contributed by atoms with van der Waals surface area (Å²) in [4.78, 5) is 25.5. The number of primary amides is 1. The Bertz CT molecular complexity index is 345. The van der Waals surface area contributed by atoms with Crippen molar-refractivity contribution in [1.82, 2.24) is 10.2 Å². The minimum absolute atomic E-state index is 0.0604. The first-order valence-corrected chi connectivity index (χ1v) is 6.26. The number of carbonyl (C=O) groups excluding carboxylic acids is 2. The lowest BCUT2D eigenvalue weighted by Crippen LogP contribution is -2.42. The first kappa shape index (κ1) is 12.4. The summed E-state index contributed by atoms with van der Waals surface area (Å²) in [5.41, 5.74) is 4.85. The number of nitrogens with zero attached hydrogens (tertiary/aromatic N) is 1. The molecule has 5 nitrogen and oxygen atoms in total. The molecular weight excluding hydrogens is 218 g/mol. The number of nitrogens with two attached hydrogens (primary N) is 1. The van der Waals surface area contributed by atoms with E-state index >= 15 is 0 Å². The number of amides is 2. The zero-order chi connectivity index (χ0) is 12.6. The van der Waals surface area contributed by atoms with Crippen molar-refractivity contribution >= 4 is 11.8 Å². The van der Waals surface area contributed by atoms with Crippen LogP contribution in [-0.4, -0.2) is 42.4 Å². The minimum Gasteiger partial charge on any atom is -0.369 e. The second kappa shape index (κ2) is 4.29. The van der Waals surface area contributed by atoms with Gasteiger partial charge in [-0.3, -0.25) is 9.59 Å². The molecule has 5 heteroatoms. The van der Waals surface area contributed by atoms with E-state index in [1.807, 2.05) is 13.8 Å². The molecule has 0 aromatic carbocycles. The molecule has 2 saturated heterocycles. The number of hydrogen-bond acceptors (Lipinski definition) is 3. The number of carbonyl (C=O) groups is 2. The molecule has 0 spiro atoms. The number of likely N-dealkylation sites (tertiary alicyclic amines) is 1. The molecule has 3 atom stereocenters. The largest absolute Gasteiger partial charge is 0.369 e. The fraction of sp³-hybridized carbons (Fsp3) is 0.833. The third-order valence-corrected chi connectivity index (χ3v) is 4.22. The minimum atomic E-state index is -0.537. The molecular formula is C12H21N3O2. The van der Waals surface area contributed by atoms with E-state index in [1.54, 1.807) is 4.90 Å². The van der Waals surface area contributed by atoms with E-state index in [9.17, 15) is 9.59 Å². The van der Waals surface area contributed by atoms with Gasteiger partial charge in [-0.1, -0.05) is 0 Å². The number of hydrogen-bond donors (Lipinski definition) is 2. The van der Waals surface area contributed by atoms with Crippen molar-refractivity contribution in [2.75, 3.05) is 19.6 Å². The van der Waals surface area contributed by atoms with Crippen LogP contribution in [0.4, 0.5) is 0 Å². The van der Waals surface area contributed by atoms with Crippen molar-refractivity contribution in [3.8, 4) is 0 Å². The van der Waals surface area contributed by atoms with Crippen molar-refractivity contribution in [2.45, 2.75) is 32.7 Å². The van der Waals surface area contributed by atoms with Gasteiger partial charge in [0, 0.05) is 19.1 Å². The monoisotopic (exact) mass is 239 g/mol. The fourth-order valence-corrected chi connectivity index (χ4v) is 2.78. The first-order chi connectivity index (χ1) is 7.94. The van der Waals surface area contributed by atoms with Gasteiger partial charge in [0.25, 0.3) is 0 Å². The van der Waals surface area contributed by atoms with Crippen LogP contribution in [-0.2, 0) is 9.59 Å². The van der Waals surface area contributed by atoms with Gasteiger partial charge in [0.1, 0.15) is 0 Å². The summed E-state index contributed by atoms with van der Waals surface area (Å²) in [5, 5.41) is 3.28. The van der Waals surface area contributed by atoms with Gasteiger partial charge in [-0.2, -0.15) is 0 Å². The highest BCUT2D eigenvalue weighted by atomic mass is 16.2. The Morgan fingerprint density at radius 3 is 2.65 bits per heavy atom. The van der Waals surface area contributed by atoms with E-state index in [0.717, 1.165) is 13.0 Å². The van der Waals surface area contributed by atoms with Crippen LogP contribution in [0.15, 0.2) is 0 Å². The molecule has 0 bridgehead atoms. The number of nitrogens with one attached hydrogen (secondary N) is 1. The van der Waals surface area contributed by atoms with E-state index in [1.165, 1.54) is 0 Å². The van der Waals surface area contributed by atoms with Crippen LogP contribution in [0.2, 0.25) is 0 Å². The lowest BCUT2D eigenvalue weighted by atomic mass is 9.89. The quantitative estimate of drug-likeness (QED) is 0.695. The van der Waals surface area contributed by atoms with Gasteiger partial charge >= 0.3 is 0 Å². The summed E-state index contributed by atoms with van der Waals surface area (Å²) in [5.74, 6) is -0.0666. The fourth-order valence-electron chi connectivity index (χ4n) is 2.78. The van der Waals surface area contributed by atoms with Crippen LogP contribution < -0.4 is 11.1 Å². The van der Waals surface area contributed by atoms with Gasteiger partial charge < -0.3 is 16.0 Å². The van der Waals surface area contributed by atoms with Crippen molar-refractivity contribution in [3.05, 3.63) is 0 Å². The van der Waals surface area contributed by atoms with Crippen molar-refractivity contribution in [3.63, 3.8) is 0 Å². The molecule has 2 heterocycles. The maximum atomic E-state index is 12.3. The molecule has 2 aliphatic rings. The lowest BCUT2D eigenvalue weighted by Gasteiger charge is -2.24. The van der Waals surface area contributed by atoms with Crippen molar-refractivity contribution in [1.29, 1.82) is 0 Å². The molecule has 17 heavy (non-hydrogen) atoms. The third kappa shape index (κ3) is 2.16. The molecule has 0 aromatic heterocycles. The van der Waals surface area contributed by atoms with Gasteiger partial charge in [0.05, 0.1) is 11.3 Å². The van der Waals surface area contributed by atoms with Crippen LogP contribution in [0.3, 0.4) is 0 Å². The Hall–Kier alpha value is -1.10. The van der Waals surface area contributed by atoms with E-state index in [4.69, 9.17) is 5.73 Å². The molecule has 96 valence electrons. The predicted octanol–water partition coefficient (Wildman–Crippen LogP) is -0.292. The molecule has 0 aromatic rings. The summed E-state index contributed by atoms with van der Waals surface area (Å²) in [6.45, 7) is 5.92. The highest BCUT2D eigenvalue weighted by molar-refractivity contribution is 5.85. The summed E-state index contributed by atoms with van der Waals surface area (Å²) in [7, 11) is 0. The maximum absolute atomic E-state index is 12.3. The van der Waals surface area contributed by atoms with Gasteiger partial charge in [-0.25, -0.2) is 0 Å². The van der Waals surface area contributed by atoms with Crippen LogP contribution >= 0.6 is 0 Å². The van der Waals surface area contributed by atoms with Crippen molar-refractivity contribution < 1.29 is 9.59 Å². The summed E-state index contributed by atoms with van der Waals surface area (Å²) in [6.07, 6.45) is 1.58. The van der Waals surface area contributed by atoms with E-state index in [-0.39, 0.29) is 23.8 Å². The predicted molar refractivity (Wildman–Crippen MR) is 64.1 cm³/mol. The van der Waals surface area contributed by atoms with Gasteiger partial charge in [0.15, 0.2) is 0 Å². The Balaban J connectivity index is 2.01. The molecule has 2 aliphatic heterocycles.